The zero-order valence-electron chi connectivity index (χ0n) is 13.7. The van der Waals surface area contributed by atoms with Gasteiger partial charge in [0.05, 0.1) is 0 Å². The molecule has 0 aromatic rings. The van der Waals surface area contributed by atoms with Gasteiger partial charge in [0.25, 0.3) is 0 Å². The zero-order chi connectivity index (χ0) is 14.2. The van der Waals surface area contributed by atoms with Crippen LogP contribution >= 0.6 is 0 Å². The maximum atomic E-state index is 3.41. The molecule has 2 rings (SSSR count). The first kappa shape index (κ1) is 16.3. The highest BCUT2D eigenvalue weighted by Crippen LogP contribution is 2.21. The third kappa shape index (κ3) is 5.01. The van der Waals surface area contributed by atoms with Crippen LogP contribution < -0.4 is 5.32 Å². The van der Waals surface area contributed by atoms with E-state index in [0.29, 0.717) is 0 Å². The first-order chi connectivity index (χ1) is 9.83. The lowest BCUT2D eigenvalue weighted by molar-refractivity contribution is 0.0915. The largest absolute Gasteiger partial charge is 0.317 e. The lowest BCUT2D eigenvalue weighted by Crippen LogP contribution is -2.46. The summed E-state index contributed by atoms with van der Waals surface area (Å²) in [4.78, 5) is 5.47. The van der Waals surface area contributed by atoms with Crippen molar-refractivity contribution in [3.63, 3.8) is 0 Å². The maximum absolute atomic E-state index is 3.41. The predicted molar refractivity (Wildman–Crippen MR) is 87.3 cm³/mol. The Bertz CT molecular complexity index is 239. The summed E-state index contributed by atoms with van der Waals surface area (Å²) in [5.74, 6) is 0. The average molecular weight is 281 g/mol. The molecule has 0 aromatic carbocycles. The number of hydrogen-bond donors (Lipinski definition) is 1. The van der Waals surface area contributed by atoms with Crippen LogP contribution in [0.4, 0.5) is 0 Å². The van der Waals surface area contributed by atoms with Gasteiger partial charge in [0.15, 0.2) is 0 Å². The van der Waals surface area contributed by atoms with E-state index in [4.69, 9.17) is 0 Å². The Kier molecular flexibility index (Phi) is 7.32. The van der Waals surface area contributed by atoms with Gasteiger partial charge in [0, 0.05) is 12.1 Å². The highest BCUT2D eigenvalue weighted by molar-refractivity contribution is 4.81. The molecule has 1 N–H and O–H groups in total. The Morgan fingerprint density at radius 1 is 1.05 bits per heavy atom. The Labute approximate surface area is 126 Å². The molecular weight excluding hydrogens is 246 g/mol. The number of hydrogen-bond acceptors (Lipinski definition) is 3. The highest BCUT2D eigenvalue weighted by atomic mass is 15.2. The van der Waals surface area contributed by atoms with Gasteiger partial charge in [0.1, 0.15) is 0 Å². The topological polar surface area (TPSA) is 18.5 Å². The molecule has 118 valence electrons. The fraction of sp³-hybridized carbons (Fsp3) is 1.00. The Balaban J connectivity index is 1.59. The van der Waals surface area contributed by atoms with Crippen LogP contribution in [0.1, 0.15) is 58.3 Å². The van der Waals surface area contributed by atoms with Crippen LogP contribution in [-0.4, -0.2) is 61.7 Å². The zero-order valence-corrected chi connectivity index (χ0v) is 13.7. The lowest BCUT2D eigenvalue weighted by Gasteiger charge is -2.40. The van der Waals surface area contributed by atoms with Crippen LogP contribution in [-0.2, 0) is 0 Å². The summed E-state index contributed by atoms with van der Waals surface area (Å²) in [5.41, 5.74) is 0. The van der Waals surface area contributed by atoms with Gasteiger partial charge >= 0.3 is 0 Å². The van der Waals surface area contributed by atoms with Crippen LogP contribution in [0.2, 0.25) is 0 Å². The molecule has 2 saturated heterocycles. The summed E-state index contributed by atoms with van der Waals surface area (Å²) in [6.45, 7) is 8.99. The van der Waals surface area contributed by atoms with Crippen molar-refractivity contribution in [2.75, 3.05) is 39.8 Å². The van der Waals surface area contributed by atoms with Crippen molar-refractivity contribution in [2.45, 2.75) is 70.4 Å². The van der Waals surface area contributed by atoms with Crippen LogP contribution in [0.3, 0.4) is 0 Å². The molecule has 3 heteroatoms. The van der Waals surface area contributed by atoms with Crippen LogP contribution in [0.5, 0.6) is 0 Å². The summed E-state index contributed by atoms with van der Waals surface area (Å²) in [6.07, 6.45) is 11.1. The van der Waals surface area contributed by atoms with Crippen LogP contribution in [0, 0.1) is 0 Å². The molecule has 0 saturated carbocycles. The molecule has 2 aliphatic heterocycles. The van der Waals surface area contributed by atoms with Crippen molar-refractivity contribution in [3.05, 3.63) is 0 Å². The van der Waals surface area contributed by atoms with Gasteiger partial charge < -0.3 is 15.1 Å². The van der Waals surface area contributed by atoms with Crippen molar-refractivity contribution >= 4 is 0 Å². The van der Waals surface area contributed by atoms with Crippen molar-refractivity contribution in [1.29, 1.82) is 0 Å². The summed E-state index contributed by atoms with van der Waals surface area (Å²) >= 11 is 0. The van der Waals surface area contributed by atoms with Gasteiger partial charge in [-0.3, -0.25) is 0 Å². The number of piperidine rings is 2. The number of likely N-dealkylation sites (tertiary alicyclic amines) is 2. The molecule has 1 unspecified atom stereocenters. The Morgan fingerprint density at radius 3 is 2.35 bits per heavy atom. The van der Waals surface area contributed by atoms with E-state index in [1.54, 1.807) is 0 Å². The summed E-state index contributed by atoms with van der Waals surface area (Å²) in [7, 11) is 2.10. The molecule has 0 radical (unpaired) electrons. The second-order valence-electron chi connectivity index (χ2n) is 6.71. The molecule has 2 fully saturated rings. The molecule has 0 spiro atoms. The van der Waals surface area contributed by atoms with E-state index in [0.717, 1.165) is 12.1 Å². The van der Waals surface area contributed by atoms with Gasteiger partial charge in [-0.05, 0) is 84.7 Å². The van der Waals surface area contributed by atoms with Gasteiger partial charge in [-0.15, -0.1) is 0 Å². The normalized spacial score (nSPS) is 24.9. The van der Waals surface area contributed by atoms with E-state index in [1.807, 2.05) is 0 Å². The van der Waals surface area contributed by atoms with Crippen molar-refractivity contribution in [1.82, 2.24) is 15.1 Å². The molecule has 0 aromatic heterocycles. The second-order valence-corrected chi connectivity index (χ2v) is 6.71. The molecule has 0 amide bonds. The summed E-state index contributed by atoms with van der Waals surface area (Å²) in [5, 5.41) is 3.41. The minimum atomic E-state index is 0.723. The molecule has 2 heterocycles. The van der Waals surface area contributed by atoms with Gasteiger partial charge in [-0.2, -0.15) is 0 Å². The first-order valence-corrected chi connectivity index (χ1v) is 8.97. The van der Waals surface area contributed by atoms with E-state index in [-0.39, 0.29) is 0 Å². The quantitative estimate of drug-likeness (QED) is 0.774. The van der Waals surface area contributed by atoms with Crippen molar-refractivity contribution in [3.8, 4) is 0 Å². The van der Waals surface area contributed by atoms with E-state index in [1.165, 1.54) is 84.1 Å². The van der Waals surface area contributed by atoms with E-state index in [2.05, 4.69) is 29.1 Å². The maximum Gasteiger partial charge on any atom is 0.0120 e. The van der Waals surface area contributed by atoms with Gasteiger partial charge in [-0.1, -0.05) is 13.3 Å². The highest BCUT2D eigenvalue weighted by Gasteiger charge is 2.25. The third-order valence-corrected chi connectivity index (χ3v) is 5.39. The minimum absolute atomic E-state index is 0.723. The minimum Gasteiger partial charge on any atom is -0.317 e. The van der Waals surface area contributed by atoms with E-state index < -0.39 is 0 Å². The number of nitrogens with one attached hydrogen (secondary N) is 1. The fourth-order valence-electron chi connectivity index (χ4n) is 3.91. The number of rotatable bonds is 7. The van der Waals surface area contributed by atoms with Gasteiger partial charge in [0.2, 0.25) is 0 Å². The van der Waals surface area contributed by atoms with Crippen molar-refractivity contribution < 1.29 is 0 Å². The van der Waals surface area contributed by atoms with Crippen LogP contribution in [0.25, 0.3) is 0 Å². The molecule has 0 aliphatic carbocycles. The second kappa shape index (κ2) is 9.01. The van der Waals surface area contributed by atoms with Crippen LogP contribution in [0.15, 0.2) is 0 Å². The molecule has 1 atom stereocenters. The molecular formula is C17H35N3. The van der Waals surface area contributed by atoms with E-state index >= 15 is 0 Å². The summed E-state index contributed by atoms with van der Waals surface area (Å²) in [6, 6.07) is 1.62. The molecule has 0 bridgehead atoms. The fourth-order valence-corrected chi connectivity index (χ4v) is 3.91. The van der Waals surface area contributed by atoms with Crippen molar-refractivity contribution in [2.24, 2.45) is 0 Å². The van der Waals surface area contributed by atoms with Gasteiger partial charge in [-0.25, -0.2) is 0 Å². The SMILES string of the molecule is CCC(CCCN1CCC(N2CCCCC2)CC1)NC. The Hall–Kier alpha value is -0.120. The number of nitrogens with zero attached hydrogens (tertiary/aromatic N) is 2. The average Bonchev–Trinajstić information content (AvgIpc) is 2.53. The molecule has 3 nitrogen and oxygen atoms in total. The lowest BCUT2D eigenvalue weighted by atomic mass is 9.99. The molecule has 20 heavy (non-hydrogen) atoms. The predicted octanol–water partition coefficient (Wildman–Crippen LogP) is 2.71. The standard InChI is InChI=1S/C17H35N3/c1-3-16(18-2)8-7-11-19-14-9-17(10-15-19)20-12-5-4-6-13-20/h16-18H,3-15H2,1-2H3. The molecule has 2 aliphatic rings. The van der Waals surface area contributed by atoms with E-state index in [9.17, 15) is 0 Å². The monoisotopic (exact) mass is 281 g/mol. The summed E-state index contributed by atoms with van der Waals surface area (Å²) < 4.78 is 0. The Morgan fingerprint density at radius 2 is 1.75 bits per heavy atom. The third-order valence-electron chi connectivity index (χ3n) is 5.39. The first-order valence-electron chi connectivity index (χ1n) is 8.97. The smallest absolute Gasteiger partial charge is 0.0120 e.